The summed E-state index contributed by atoms with van der Waals surface area (Å²) in [4.78, 5) is 19.0. The molecule has 0 fully saturated rings. The van der Waals surface area contributed by atoms with Gasteiger partial charge in [-0.2, -0.15) is 0 Å². The van der Waals surface area contributed by atoms with Gasteiger partial charge in [-0.1, -0.05) is 11.6 Å². The lowest BCUT2D eigenvalue weighted by molar-refractivity contribution is 0.0606. The van der Waals surface area contributed by atoms with Gasteiger partial charge in [-0.25, -0.2) is 23.2 Å². The third kappa shape index (κ3) is 3.70. The average molecular weight is 413 g/mol. The lowest BCUT2D eigenvalue weighted by Crippen LogP contribution is -2.14. The molecule has 7 nitrogen and oxygen atoms in total. The second-order valence-electron chi connectivity index (χ2n) is 3.57. The van der Waals surface area contributed by atoms with Crippen molar-refractivity contribution in [2.24, 2.45) is 0 Å². The number of sulfonamides is 1. The second kappa shape index (κ2) is 6.26. The Morgan fingerprint density at radius 3 is 2.71 bits per heavy atom. The standard InChI is InChI=1S/C10H7BrClN3O4S2/c1-19-10(16)5-2-6(9(11)20-5)21(17,18)15-8-4-13-7(12)3-14-8/h2-4H,1H3,(H,14,15). The molecule has 2 aromatic rings. The van der Waals surface area contributed by atoms with Gasteiger partial charge in [-0.15, -0.1) is 11.3 Å². The zero-order chi connectivity index (χ0) is 15.6. The highest BCUT2D eigenvalue weighted by Gasteiger charge is 2.24. The molecule has 2 aromatic heterocycles. The molecular weight excluding hydrogens is 406 g/mol. The summed E-state index contributed by atoms with van der Waals surface area (Å²) in [7, 11) is -2.70. The summed E-state index contributed by atoms with van der Waals surface area (Å²) in [5, 5.41) is 0.141. The topological polar surface area (TPSA) is 98.2 Å². The Hall–Kier alpha value is -1.23. The van der Waals surface area contributed by atoms with Crippen LogP contribution in [-0.2, 0) is 14.8 Å². The number of anilines is 1. The highest BCUT2D eigenvalue weighted by atomic mass is 79.9. The molecule has 0 saturated heterocycles. The monoisotopic (exact) mass is 411 g/mol. The van der Waals surface area contributed by atoms with E-state index in [1.807, 2.05) is 0 Å². The van der Waals surface area contributed by atoms with Gasteiger partial charge in [0.15, 0.2) is 5.82 Å². The van der Waals surface area contributed by atoms with Crippen LogP contribution in [0.2, 0.25) is 5.15 Å². The normalized spacial score (nSPS) is 11.2. The van der Waals surface area contributed by atoms with Crippen molar-refractivity contribution in [2.75, 3.05) is 11.8 Å². The van der Waals surface area contributed by atoms with Gasteiger partial charge in [0.25, 0.3) is 10.0 Å². The first-order valence-corrected chi connectivity index (χ1v) is 8.68. The maximum Gasteiger partial charge on any atom is 0.348 e. The molecule has 0 aliphatic carbocycles. The highest BCUT2D eigenvalue weighted by molar-refractivity contribution is 9.11. The first kappa shape index (κ1) is 16.1. The van der Waals surface area contributed by atoms with E-state index in [1.54, 1.807) is 0 Å². The number of carbonyl (C=O) groups is 1. The minimum atomic E-state index is -3.92. The van der Waals surface area contributed by atoms with Gasteiger partial charge in [0.05, 0.1) is 23.3 Å². The highest BCUT2D eigenvalue weighted by Crippen LogP contribution is 2.32. The summed E-state index contributed by atoms with van der Waals surface area (Å²) < 4.78 is 31.5. The fraction of sp³-hybridized carbons (Fsp3) is 0.100. The number of aromatic nitrogens is 2. The molecule has 0 bridgehead atoms. The maximum absolute atomic E-state index is 12.2. The minimum absolute atomic E-state index is 0.0112. The summed E-state index contributed by atoms with van der Waals surface area (Å²) in [6.45, 7) is 0. The Morgan fingerprint density at radius 1 is 1.43 bits per heavy atom. The van der Waals surface area contributed by atoms with Crippen LogP contribution < -0.4 is 4.72 Å². The van der Waals surface area contributed by atoms with Gasteiger partial charge >= 0.3 is 5.97 Å². The van der Waals surface area contributed by atoms with E-state index in [4.69, 9.17) is 11.6 Å². The van der Waals surface area contributed by atoms with E-state index in [0.717, 1.165) is 11.3 Å². The van der Waals surface area contributed by atoms with Crippen molar-refractivity contribution in [1.29, 1.82) is 0 Å². The van der Waals surface area contributed by atoms with Crippen LogP contribution in [0.1, 0.15) is 9.67 Å². The molecule has 0 amide bonds. The number of methoxy groups -OCH3 is 1. The molecule has 0 spiro atoms. The lowest BCUT2D eigenvalue weighted by Gasteiger charge is -2.05. The number of nitrogens with zero attached hydrogens (tertiary/aromatic N) is 2. The molecule has 0 aromatic carbocycles. The van der Waals surface area contributed by atoms with Crippen molar-refractivity contribution in [1.82, 2.24) is 9.97 Å². The number of esters is 1. The van der Waals surface area contributed by atoms with Crippen LogP contribution in [-0.4, -0.2) is 31.5 Å². The fourth-order valence-corrected chi connectivity index (χ4v) is 4.87. The number of hydrogen-bond acceptors (Lipinski definition) is 7. The predicted molar refractivity (Wildman–Crippen MR) is 81.2 cm³/mol. The molecule has 0 radical (unpaired) electrons. The van der Waals surface area contributed by atoms with E-state index in [2.05, 4.69) is 35.4 Å². The number of halogens is 2. The summed E-state index contributed by atoms with van der Waals surface area (Å²) in [6.07, 6.45) is 2.39. The zero-order valence-corrected chi connectivity index (χ0v) is 14.3. The van der Waals surface area contributed by atoms with Gasteiger partial charge in [0, 0.05) is 0 Å². The first-order chi connectivity index (χ1) is 9.83. The summed E-state index contributed by atoms with van der Waals surface area (Å²) >= 11 is 9.63. The molecule has 11 heteroatoms. The lowest BCUT2D eigenvalue weighted by atomic mass is 10.5. The Morgan fingerprint density at radius 2 is 2.14 bits per heavy atom. The smallest absolute Gasteiger partial charge is 0.348 e. The molecule has 2 rings (SSSR count). The van der Waals surface area contributed by atoms with Crippen molar-refractivity contribution in [3.05, 3.63) is 32.3 Å². The molecule has 0 unspecified atom stereocenters. The predicted octanol–water partition coefficient (Wildman–Crippen LogP) is 2.54. The molecular formula is C10H7BrClN3O4S2. The molecule has 112 valence electrons. The zero-order valence-electron chi connectivity index (χ0n) is 10.3. The van der Waals surface area contributed by atoms with Crippen LogP contribution in [0.15, 0.2) is 27.1 Å². The van der Waals surface area contributed by atoms with Crippen molar-refractivity contribution < 1.29 is 17.9 Å². The third-order valence-electron chi connectivity index (χ3n) is 2.19. The Bertz CT molecular complexity index is 776. The number of nitrogens with one attached hydrogen (secondary N) is 1. The van der Waals surface area contributed by atoms with Crippen molar-refractivity contribution in [3.8, 4) is 0 Å². The van der Waals surface area contributed by atoms with Gasteiger partial charge < -0.3 is 4.74 Å². The number of thiophene rings is 1. The maximum atomic E-state index is 12.2. The summed E-state index contributed by atoms with van der Waals surface area (Å²) in [6, 6.07) is 1.21. The SMILES string of the molecule is COC(=O)c1cc(S(=O)(=O)Nc2cnc(Cl)cn2)c(Br)s1. The molecule has 21 heavy (non-hydrogen) atoms. The van der Waals surface area contributed by atoms with Crippen LogP contribution in [0.3, 0.4) is 0 Å². The van der Waals surface area contributed by atoms with E-state index in [-0.39, 0.29) is 24.5 Å². The van der Waals surface area contributed by atoms with Gasteiger partial charge in [0.1, 0.15) is 14.9 Å². The number of ether oxygens (including phenoxy) is 1. The minimum Gasteiger partial charge on any atom is -0.465 e. The molecule has 2 heterocycles. The fourth-order valence-electron chi connectivity index (χ4n) is 1.29. The molecule has 0 atom stereocenters. The van der Waals surface area contributed by atoms with E-state index < -0.39 is 16.0 Å². The first-order valence-electron chi connectivity index (χ1n) is 5.21. The van der Waals surface area contributed by atoms with Gasteiger partial charge in [-0.05, 0) is 22.0 Å². The largest absolute Gasteiger partial charge is 0.465 e. The van der Waals surface area contributed by atoms with E-state index in [1.165, 1.54) is 25.6 Å². The van der Waals surface area contributed by atoms with Crippen LogP contribution >= 0.6 is 38.9 Å². The van der Waals surface area contributed by atoms with Gasteiger partial charge in [-0.3, -0.25) is 4.72 Å². The number of carbonyl (C=O) groups excluding carboxylic acids is 1. The summed E-state index contributed by atoms with van der Waals surface area (Å²) in [5.41, 5.74) is 0. The molecule has 0 aliphatic heterocycles. The van der Waals surface area contributed by atoms with Crippen molar-refractivity contribution in [3.63, 3.8) is 0 Å². The van der Waals surface area contributed by atoms with Crippen molar-refractivity contribution in [2.45, 2.75) is 4.90 Å². The number of rotatable bonds is 4. The Balaban J connectivity index is 2.33. The second-order valence-corrected chi connectivity index (χ2v) is 7.98. The van der Waals surface area contributed by atoms with E-state index >= 15 is 0 Å². The Kier molecular flexibility index (Phi) is 4.81. The van der Waals surface area contributed by atoms with E-state index in [0.29, 0.717) is 0 Å². The van der Waals surface area contributed by atoms with Gasteiger partial charge in [0.2, 0.25) is 0 Å². The van der Waals surface area contributed by atoms with Crippen molar-refractivity contribution >= 4 is 60.7 Å². The quantitative estimate of drug-likeness (QED) is 0.775. The third-order valence-corrected chi connectivity index (χ3v) is 5.97. The van der Waals surface area contributed by atoms with Crippen LogP contribution in [0.5, 0.6) is 0 Å². The van der Waals surface area contributed by atoms with Crippen LogP contribution in [0.25, 0.3) is 0 Å². The van der Waals surface area contributed by atoms with Crippen LogP contribution in [0.4, 0.5) is 5.82 Å². The van der Waals surface area contributed by atoms with Crippen LogP contribution in [0, 0.1) is 0 Å². The Labute approximate surface area is 137 Å². The van der Waals surface area contributed by atoms with E-state index in [9.17, 15) is 13.2 Å². The number of hydrogen-bond donors (Lipinski definition) is 1. The average Bonchev–Trinajstić information content (AvgIpc) is 2.83. The molecule has 1 N–H and O–H groups in total. The molecule has 0 saturated carbocycles. The molecule has 0 aliphatic rings. The summed E-state index contributed by atoms with van der Waals surface area (Å²) in [5.74, 6) is -0.606.